The molecule has 2 rings (SSSR count). The van der Waals surface area contributed by atoms with Gasteiger partial charge >= 0.3 is 0 Å². The quantitative estimate of drug-likeness (QED) is 0.786. The van der Waals surface area contributed by atoms with Crippen molar-refractivity contribution in [1.82, 2.24) is 10.2 Å². The molecule has 1 aromatic rings. The van der Waals surface area contributed by atoms with Crippen molar-refractivity contribution in [2.75, 3.05) is 26.7 Å². The van der Waals surface area contributed by atoms with Crippen LogP contribution >= 0.6 is 0 Å². The number of hydrogen-bond donors (Lipinski definition) is 1. The van der Waals surface area contributed by atoms with Crippen LogP contribution in [0.1, 0.15) is 12.0 Å². The predicted molar refractivity (Wildman–Crippen MR) is 64.1 cm³/mol. The molecule has 0 bridgehead atoms. The number of likely N-dealkylation sites (N-methyl/N-ethyl adjacent to an activating group) is 1. The van der Waals surface area contributed by atoms with Gasteiger partial charge in [0.15, 0.2) is 0 Å². The third kappa shape index (κ3) is 3.33. The SMILES string of the molecule is CN1CCCN[C@@H](Cc2ccccc2)C1. The molecular formula is C13H20N2. The number of benzene rings is 1. The average Bonchev–Trinajstić information content (AvgIpc) is 2.44. The summed E-state index contributed by atoms with van der Waals surface area (Å²) in [4.78, 5) is 2.42. The van der Waals surface area contributed by atoms with Gasteiger partial charge in [-0.25, -0.2) is 0 Å². The standard InChI is InChI=1S/C13H20N2/c1-15-9-5-8-14-13(11-15)10-12-6-3-2-4-7-12/h2-4,6-7,13-14H,5,8-11H2,1H3/t13-/m0/s1. The van der Waals surface area contributed by atoms with Gasteiger partial charge in [-0.15, -0.1) is 0 Å². The second-order valence-electron chi connectivity index (χ2n) is 4.46. The first kappa shape index (κ1) is 10.7. The van der Waals surface area contributed by atoms with Crippen LogP contribution in [-0.4, -0.2) is 37.6 Å². The molecule has 15 heavy (non-hydrogen) atoms. The molecule has 2 heteroatoms. The molecule has 82 valence electrons. The molecule has 0 radical (unpaired) electrons. The Morgan fingerprint density at radius 2 is 2.13 bits per heavy atom. The van der Waals surface area contributed by atoms with E-state index in [1.165, 1.54) is 18.5 Å². The van der Waals surface area contributed by atoms with E-state index in [1.54, 1.807) is 0 Å². The second-order valence-corrected chi connectivity index (χ2v) is 4.46. The van der Waals surface area contributed by atoms with Crippen molar-refractivity contribution in [3.8, 4) is 0 Å². The molecule has 0 aromatic heterocycles. The van der Waals surface area contributed by atoms with E-state index >= 15 is 0 Å². The highest BCUT2D eigenvalue weighted by Crippen LogP contribution is 2.06. The molecule has 1 heterocycles. The summed E-state index contributed by atoms with van der Waals surface area (Å²) in [6, 6.07) is 11.4. The summed E-state index contributed by atoms with van der Waals surface area (Å²) in [5.74, 6) is 0. The maximum Gasteiger partial charge on any atom is 0.0235 e. The van der Waals surface area contributed by atoms with Crippen molar-refractivity contribution >= 4 is 0 Å². The molecule has 1 saturated heterocycles. The highest BCUT2D eigenvalue weighted by Gasteiger charge is 2.14. The van der Waals surface area contributed by atoms with Crippen molar-refractivity contribution in [2.24, 2.45) is 0 Å². The van der Waals surface area contributed by atoms with Gasteiger partial charge in [-0.3, -0.25) is 0 Å². The monoisotopic (exact) mass is 204 g/mol. The summed E-state index contributed by atoms with van der Waals surface area (Å²) < 4.78 is 0. The first-order valence-electron chi connectivity index (χ1n) is 5.80. The molecule has 1 fully saturated rings. The van der Waals surface area contributed by atoms with Gasteiger partial charge in [0.1, 0.15) is 0 Å². The van der Waals surface area contributed by atoms with Crippen LogP contribution in [0.3, 0.4) is 0 Å². The van der Waals surface area contributed by atoms with E-state index in [0.29, 0.717) is 6.04 Å². The Balaban J connectivity index is 1.93. The van der Waals surface area contributed by atoms with Crippen molar-refractivity contribution in [1.29, 1.82) is 0 Å². The highest BCUT2D eigenvalue weighted by atomic mass is 15.1. The zero-order valence-electron chi connectivity index (χ0n) is 9.45. The lowest BCUT2D eigenvalue weighted by molar-refractivity contribution is 0.323. The Bertz CT molecular complexity index is 284. The highest BCUT2D eigenvalue weighted by molar-refractivity contribution is 5.16. The van der Waals surface area contributed by atoms with Crippen LogP contribution in [0, 0.1) is 0 Å². The molecule has 0 spiro atoms. The smallest absolute Gasteiger partial charge is 0.0235 e. The fraction of sp³-hybridized carbons (Fsp3) is 0.538. The summed E-state index contributed by atoms with van der Waals surface area (Å²) in [6.45, 7) is 3.54. The second kappa shape index (κ2) is 5.29. The number of hydrogen-bond acceptors (Lipinski definition) is 2. The van der Waals surface area contributed by atoms with Crippen molar-refractivity contribution in [3.63, 3.8) is 0 Å². The molecule has 2 nitrogen and oxygen atoms in total. The summed E-state index contributed by atoms with van der Waals surface area (Å²) in [7, 11) is 2.21. The van der Waals surface area contributed by atoms with Gasteiger partial charge in [0.05, 0.1) is 0 Å². The fourth-order valence-electron chi connectivity index (χ4n) is 2.22. The third-order valence-electron chi connectivity index (χ3n) is 3.01. The predicted octanol–water partition coefficient (Wildman–Crippen LogP) is 1.52. The average molecular weight is 204 g/mol. The Kier molecular flexibility index (Phi) is 3.75. The maximum atomic E-state index is 3.62. The lowest BCUT2D eigenvalue weighted by Crippen LogP contribution is -2.37. The van der Waals surface area contributed by atoms with Crippen LogP contribution in [0.15, 0.2) is 30.3 Å². The Morgan fingerprint density at radius 3 is 2.93 bits per heavy atom. The fourth-order valence-corrected chi connectivity index (χ4v) is 2.22. The van der Waals surface area contributed by atoms with Crippen LogP contribution in [-0.2, 0) is 6.42 Å². The molecule has 0 saturated carbocycles. The van der Waals surface area contributed by atoms with E-state index in [1.807, 2.05) is 0 Å². The summed E-state index contributed by atoms with van der Waals surface area (Å²) in [6.07, 6.45) is 2.41. The zero-order chi connectivity index (χ0) is 10.5. The molecule has 1 N–H and O–H groups in total. The van der Waals surface area contributed by atoms with E-state index < -0.39 is 0 Å². The minimum absolute atomic E-state index is 0.611. The van der Waals surface area contributed by atoms with Crippen molar-refractivity contribution in [2.45, 2.75) is 18.9 Å². The van der Waals surface area contributed by atoms with Gasteiger partial charge in [-0.1, -0.05) is 30.3 Å². The Hall–Kier alpha value is -0.860. The number of nitrogens with zero attached hydrogens (tertiary/aromatic N) is 1. The lowest BCUT2D eigenvalue weighted by Gasteiger charge is -2.20. The molecule has 0 amide bonds. The third-order valence-corrected chi connectivity index (χ3v) is 3.01. The molecule has 1 aliphatic heterocycles. The van der Waals surface area contributed by atoms with Crippen molar-refractivity contribution < 1.29 is 0 Å². The summed E-state index contributed by atoms with van der Waals surface area (Å²) in [5, 5.41) is 3.62. The van der Waals surface area contributed by atoms with E-state index in [2.05, 4.69) is 47.6 Å². The van der Waals surface area contributed by atoms with Gasteiger partial charge < -0.3 is 10.2 Å². The molecule has 1 aromatic carbocycles. The topological polar surface area (TPSA) is 15.3 Å². The first-order chi connectivity index (χ1) is 7.34. The Morgan fingerprint density at radius 1 is 1.33 bits per heavy atom. The zero-order valence-corrected chi connectivity index (χ0v) is 9.45. The van der Waals surface area contributed by atoms with Gasteiger partial charge in [-0.05, 0) is 38.5 Å². The molecule has 0 unspecified atom stereocenters. The van der Waals surface area contributed by atoms with Gasteiger partial charge in [0.25, 0.3) is 0 Å². The van der Waals surface area contributed by atoms with E-state index in [-0.39, 0.29) is 0 Å². The largest absolute Gasteiger partial charge is 0.312 e. The summed E-state index contributed by atoms with van der Waals surface area (Å²) >= 11 is 0. The van der Waals surface area contributed by atoms with E-state index in [4.69, 9.17) is 0 Å². The number of nitrogens with one attached hydrogen (secondary N) is 1. The first-order valence-corrected chi connectivity index (χ1v) is 5.80. The van der Waals surface area contributed by atoms with Crippen LogP contribution in [0.25, 0.3) is 0 Å². The van der Waals surface area contributed by atoms with Crippen LogP contribution in [0.2, 0.25) is 0 Å². The van der Waals surface area contributed by atoms with Crippen LogP contribution in [0.5, 0.6) is 0 Å². The molecule has 0 aliphatic carbocycles. The van der Waals surface area contributed by atoms with Gasteiger partial charge in [-0.2, -0.15) is 0 Å². The van der Waals surface area contributed by atoms with Crippen LogP contribution in [0.4, 0.5) is 0 Å². The van der Waals surface area contributed by atoms with E-state index in [9.17, 15) is 0 Å². The lowest BCUT2D eigenvalue weighted by atomic mass is 10.1. The Labute approximate surface area is 92.3 Å². The number of rotatable bonds is 2. The summed E-state index contributed by atoms with van der Waals surface area (Å²) in [5.41, 5.74) is 1.44. The maximum absolute atomic E-state index is 3.62. The molecular weight excluding hydrogens is 184 g/mol. The minimum Gasteiger partial charge on any atom is -0.312 e. The molecule has 1 atom stereocenters. The van der Waals surface area contributed by atoms with Crippen LogP contribution < -0.4 is 5.32 Å². The van der Waals surface area contributed by atoms with Gasteiger partial charge in [0.2, 0.25) is 0 Å². The van der Waals surface area contributed by atoms with E-state index in [0.717, 1.165) is 19.5 Å². The van der Waals surface area contributed by atoms with Gasteiger partial charge in [0, 0.05) is 12.6 Å². The van der Waals surface area contributed by atoms with Crippen molar-refractivity contribution in [3.05, 3.63) is 35.9 Å². The molecule has 1 aliphatic rings. The minimum atomic E-state index is 0.611. The normalized spacial score (nSPS) is 23.7.